The van der Waals surface area contributed by atoms with Crippen LogP contribution < -0.4 is 4.90 Å². The number of carbonyl (C=O) groups excluding carboxylic acids is 1. The van der Waals surface area contributed by atoms with Crippen molar-refractivity contribution in [2.75, 3.05) is 32.2 Å². The molecule has 1 atom stereocenters. The first-order chi connectivity index (χ1) is 14.2. The minimum Gasteiger partial charge on any atom is -0.468 e. The van der Waals surface area contributed by atoms with Gasteiger partial charge in [0.25, 0.3) is 0 Å². The highest BCUT2D eigenvalue weighted by Crippen LogP contribution is 2.46. The second-order valence-electron chi connectivity index (χ2n) is 7.64. The monoisotopic (exact) mass is 416 g/mol. The first kappa shape index (κ1) is 20.2. The van der Waals surface area contributed by atoms with Crippen molar-refractivity contribution in [1.29, 1.82) is 0 Å². The van der Waals surface area contributed by atoms with Gasteiger partial charge in [-0.15, -0.1) is 10.2 Å². The van der Waals surface area contributed by atoms with Gasteiger partial charge in [0.2, 0.25) is 5.95 Å². The van der Waals surface area contributed by atoms with Crippen LogP contribution in [0.25, 0.3) is 5.69 Å². The summed E-state index contributed by atoms with van der Waals surface area (Å²) in [4.78, 5) is 15.0. The van der Waals surface area contributed by atoms with Crippen LogP contribution in [0.4, 0.5) is 5.95 Å². The van der Waals surface area contributed by atoms with Crippen molar-refractivity contribution in [1.82, 2.24) is 14.8 Å². The average molecular weight is 417 g/mol. The first-order valence-corrected chi connectivity index (χ1v) is 11.1. The average Bonchev–Trinajstić information content (AvgIpc) is 3.17. The van der Waals surface area contributed by atoms with Crippen molar-refractivity contribution in [3.8, 4) is 5.69 Å². The molecule has 1 saturated heterocycles. The van der Waals surface area contributed by atoms with Crippen LogP contribution in [0.5, 0.6) is 0 Å². The van der Waals surface area contributed by atoms with Crippen molar-refractivity contribution >= 4 is 23.7 Å². The molecular formula is C21H28N4O3S. The van der Waals surface area contributed by atoms with E-state index in [1.165, 1.54) is 25.3 Å². The van der Waals surface area contributed by atoms with Crippen molar-refractivity contribution in [3.63, 3.8) is 0 Å². The number of thioether (sulfide) groups is 1. The van der Waals surface area contributed by atoms with E-state index in [1.54, 1.807) is 7.11 Å². The number of para-hydroxylation sites is 1. The zero-order chi connectivity index (χ0) is 20.3. The summed E-state index contributed by atoms with van der Waals surface area (Å²) in [5.41, 5.74) is 0.487. The third kappa shape index (κ3) is 3.88. The SMILES string of the molecule is COC(=O)[C@H](Sc1nnc(N2CCCCC2)n1-c1ccccc1)C1(OC)CCC1. The molecule has 2 aliphatic rings. The van der Waals surface area contributed by atoms with Crippen molar-refractivity contribution in [2.45, 2.75) is 54.5 Å². The molecule has 2 fully saturated rings. The van der Waals surface area contributed by atoms with Crippen LogP contribution in [0, 0.1) is 0 Å². The number of ether oxygens (including phenoxy) is 2. The Hall–Kier alpha value is -2.06. The van der Waals surface area contributed by atoms with E-state index in [4.69, 9.17) is 9.47 Å². The largest absolute Gasteiger partial charge is 0.468 e. The van der Waals surface area contributed by atoms with Gasteiger partial charge in [0.1, 0.15) is 5.25 Å². The number of rotatable bonds is 7. The van der Waals surface area contributed by atoms with Crippen LogP contribution >= 0.6 is 11.8 Å². The number of hydrogen-bond acceptors (Lipinski definition) is 7. The predicted octanol–water partition coefficient (Wildman–Crippen LogP) is 3.46. The summed E-state index contributed by atoms with van der Waals surface area (Å²) < 4.78 is 13.0. The molecule has 1 saturated carbocycles. The summed E-state index contributed by atoms with van der Waals surface area (Å²) in [5, 5.41) is 9.24. The summed E-state index contributed by atoms with van der Waals surface area (Å²) in [5.74, 6) is 0.556. The highest BCUT2D eigenvalue weighted by atomic mass is 32.2. The Labute approximate surface area is 175 Å². The lowest BCUT2D eigenvalue weighted by molar-refractivity contribution is -0.151. The molecule has 0 spiro atoms. The van der Waals surface area contributed by atoms with Gasteiger partial charge in [-0.05, 0) is 50.7 Å². The van der Waals surface area contributed by atoms with E-state index in [9.17, 15) is 4.79 Å². The standard InChI is InChI=1S/C21H28N4O3S/c1-27-18(26)17(21(28-2)12-9-13-21)29-20-23-22-19(24-14-7-4-8-15-24)25(20)16-10-5-3-6-11-16/h3,5-6,10-11,17H,4,7-9,12-15H2,1-2H3/t17-/m0/s1. The zero-order valence-corrected chi connectivity index (χ0v) is 17.9. The van der Waals surface area contributed by atoms with E-state index < -0.39 is 10.9 Å². The molecule has 1 aromatic carbocycles. The molecule has 1 aromatic heterocycles. The highest BCUT2D eigenvalue weighted by Gasteiger charge is 2.50. The minimum atomic E-state index is -0.503. The van der Waals surface area contributed by atoms with Crippen molar-refractivity contribution in [3.05, 3.63) is 30.3 Å². The Balaban J connectivity index is 1.72. The van der Waals surface area contributed by atoms with Crippen LogP contribution in [-0.2, 0) is 14.3 Å². The molecule has 7 nitrogen and oxygen atoms in total. The Kier molecular flexibility index (Phi) is 6.10. The molecule has 0 bridgehead atoms. The van der Waals surface area contributed by atoms with Crippen LogP contribution in [0.2, 0.25) is 0 Å². The Morgan fingerprint density at radius 1 is 1.07 bits per heavy atom. The third-order valence-electron chi connectivity index (χ3n) is 5.99. The first-order valence-electron chi connectivity index (χ1n) is 10.2. The van der Waals surface area contributed by atoms with Crippen LogP contribution in [0.3, 0.4) is 0 Å². The normalized spacial score (nSPS) is 19.4. The maximum Gasteiger partial charge on any atom is 0.322 e. The molecular weight excluding hydrogens is 388 g/mol. The smallest absolute Gasteiger partial charge is 0.322 e. The van der Waals surface area contributed by atoms with Gasteiger partial charge in [0, 0.05) is 20.2 Å². The van der Waals surface area contributed by atoms with Crippen LogP contribution in [0.15, 0.2) is 35.5 Å². The van der Waals surface area contributed by atoms with Gasteiger partial charge < -0.3 is 14.4 Å². The molecule has 29 heavy (non-hydrogen) atoms. The number of carbonyl (C=O) groups is 1. The predicted molar refractivity (Wildman–Crippen MR) is 113 cm³/mol. The number of benzene rings is 1. The van der Waals surface area contributed by atoms with Gasteiger partial charge >= 0.3 is 5.97 Å². The Morgan fingerprint density at radius 2 is 1.79 bits per heavy atom. The van der Waals surface area contributed by atoms with Crippen molar-refractivity contribution < 1.29 is 14.3 Å². The number of nitrogens with zero attached hydrogens (tertiary/aromatic N) is 4. The minimum absolute atomic E-state index is 0.279. The lowest BCUT2D eigenvalue weighted by atomic mass is 9.77. The fourth-order valence-corrected chi connectivity index (χ4v) is 5.45. The molecule has 0 unspecified atom stereocenters. The van der Waals surface area contributed by atoms with E-state index in [-0.39, 0.29) is 5.97 Å². The van der Waals surface area contributed by atoms with Gasteiger partial charge in [-0.1, -0.05) is 30.0 Å². The molecule has 2 aromatic rings. The number of piperidine rings is 1. The number of aromatic nitrogens is 3. The van der Waals surface area contributed by atoms with E-state index in [0.29, 0.717) is 5.16 Å². The molecule has 8 heteroatoms. The number of methoxy groups -OCH3 is 2. The summed E-state index contributed by atoms with van der Waals surface area (Å²) in [6.07, 6.45) is 6.29. The lowest BCUT2D eigenvalue weighted by Crippen LogP contribution is -2.52. The molecule has 156 valence electrons. The fourth-order valence-electron chi connectivity index (χ4n) is 4.12. The number of esters is 1. The molecule has 0 amide bonds. The number of anilines is 1. The summed E-state index contributed by atoms with van der Waals surface area (Å²) in [6.45, 7) is 1.94. The van der Waals surface area contributed by atoms with E-state index in [2.05, 4.69) is 19.7 Å². The lowest BCUT2D eigenvalue weighted by Gasteiger charge is -2.44. The van der Waals surface area contributed by atoms with Crippen molar-refractivity contribution in [2.24, 2.45) is 0 Å². The summed E-state index contributed by atoms with van der Waals surface area (Å²) in [6, 6.07) is 10.1. The van der Waals surface area contributed by atoms with E-state index in [0.717, 1.165) is 56.8 Å². The molecule has 4 rings (SSSR count). The fraction of sp³-hybridized carbons (Fsp3) is 0.571. The molecule has 1 aliphatic carbocycles. The second kappa shape index (κ2) is 8.75. The molecule has 0 radical (unpaired) electrons. The van der Waals surface area contributed by atoms with Gasteiger partial charge in [-0.25, -0.2) is 0 Å². The quantitative estimate of drug-likeness (QED) is 0.506. The molecule has 2 heterocycles. The summed E-state index contributed by atoms with van der Waals surface area (Å²) in [7, 11) is 3.11. The highest BCUT2D eigenvalue weighted by molar-refractivity contribution is 8.00. The topological polar surface area (TPSA) is 69.5 Å². The molecule has 1 aliphatic heterocycles. The van der Waals surface area contributed by atoms with Gasteiger partial charge in [-0.3, -0.25) is 9.36 Å². The number of hydrogen-bond donors (Lipinski definition) is 0. The van der Waals surface area contributed by atoms with Gasteiger partial charge in [-0.2, -0.15) is 0 Å². The van der Waals surface area contributed by atoms with Gasteiger partial charge in [0.15, 0.2) is 5.16 Å². The van der Waals surface area contributed by atoms with E-state index >= 15 is 0 Å². The zero-order valence-electron chi connectivity index (χ0n) is 17.0. The van der Waals surface area contributed by atoms with Crippen LogP contribution in [-0.4, -0.2) is 58.9 Å². The van der Waals surface area contributed by atoms with Crippen LogP contribution in [0.1, 0.15) is 38.5 Å². The maximum atomic E-state index is 12.7. The van der Waals surface area contributed by atoms with E-state index in [1.807, 2.05) is 30.3 Å². The van der Waals surface area contributed by atoms with Gasteiger partial charge in [0.05, 0.1) is 18.4 Å². The Bertz CT molecular complexity index is 826. The Morgan fingerprint density at radius 3 is 2.38 bits per heavy atom. The summed E-state index contributed by atoms with van der Waals surface area (Å²) >= 11 is 1.40. The maximum absolute atomic E-state index is 12.7. The second-order valence-corrected chi connectivity index (χ2v) is 8.72. The molecule has 0 N–H and O–H groups in total. The third-order valence-corrected chi connectivity index (χ3v) is 7.33.